The highest BCUT2D eigenvalue weighted by molar-refractivity contribution is 9.10. The van der Waals surface area contributed by atoms with E-state index >= 15 is 0 Å². The van der Waals surface area contributed by atoms with Gasteiger partial charge >= 0.3 is 0 Å². The summed E-state index contributed by atoms with van der Waals surface area (Å²) in [6.45, 7) is 6.24. The maximum Gasteiger partial charge on any atom is 0.229 e. The molecule has 1 aliphatic rings. The normalized spacial score (nSPS) is 16.9. The number of aryl methyl sites for hydroxylation is 1. The Morgan fingerprint density at radius 2 is 1.92 bits per heavy atom. The molecule has 1 saturated heterocycles. The zero-order chi connectivity index (χ0) is 19.0. The van der Waals surface area contributed by atoms with E-state index in [0.717, 1.165) is 32.5 Å². The molecule has 2 aromatic carbocycles. The summed E-state index contributed by atoms with van der Waals surface area (Å²) in [7, 11) is 0. The van der Waals surface area contributed by atoms with Gasteiger partial charge in [0.2, 0.25) is 11.8 Å². The number of hydrogen-bond donors (Lipinski definition) is 1. The molecule has 0 aliphatic carbocycles. The van der Waals surface area contributed by atoms with Crippen LogP contribution < -0.4 is 10.2 Å². The van der Waals surface area contributed by atoms with Crippen molar-refractivity contribution in [1.82, 2.24) is 0 Å². The molecule has 1 fully saturated rings. The Morgan fingerprint density at radius 1 is 1.19 bits per heavy atom. The lowest BCUT2D eigenvalue weighted by atomic mass is 10.1. The number of carbonyl (C=O) groups is 2. The third kappa shape index (κ3) is 3.64. The number of nitrogens with one attached hydrogen (secondary N) is 1. The first-order chi connectivity index (χ1) is 12.3. The van der Waals surface area contributed by atoms with Gasteiger partial charge < -0.3 is 10.2 Å². The lowest BCUT2D eigenvalue weighted by Gasteiger charge is -2.18. The lowest BCUT2D eigenvalue weighted by Crippen LogP contribution is -2.28. The summed E-state index contributed by atoms with van der Waals surface area (Å²) in [6.07, 6.45) is 0.200. The molecule has 1 atom stereocenters. The highest BCUT2D eigenvalue weighted by Gasteiger charge is 2.35. The van der Waals surface area contributed by atoms with E-state index in [9.17, 15) is 9.59 Å². The van der Waals surface area contributed by atoms with E-state index in [1.54, 1.807) is 11.0 Å². The summed E-state index contributed by atoms with van der Waals surface area (Å²) in [6, 6.07) is 9.31. The molecule has 0 saturated carbocycles. The number of carbonyl (C=O) groups excluding carboxylic acids is 2. The Balaban J connectivity index is 1.75. The number of benzene rings is 2. The van der Waals surface area contributed by atoms with Gasteiger partial charge in [-0.25, -0.2) is 0 Å². The molecule has 1 aliphatic heterocycles. The van der Waals surface area contributed by atoms with Gasteiger partial charge in [0.05, 0.1) is 5.92 Å². The summed E-state index contributed by atoms with van der Waals surface area (Å²) in [4.78, 5) is 26.7. The summed E-state index contributed by atoms with van der Waals surface area (Å²) >= 11 is 9.66. The van der Waals surface area contributed by atoms with Crippen molar-refractivity contribution in [3.05, 3.63) is 56.5 Å². The predicted molar refractivity (Wildman–Crippen MR) is 109 cm³/mol. The average molecular weight is 436 g/mol. The first-order valence-electron chi connectivity index (χ1n) is 8.41. The maximum absolute atomic E-state index is 12.7. The quantitative estimate of drug-likeness (QED) is 0.736. The van der Waals surface area contributed by atoms with Crippen molar-refractivity contribution >= 4 is 50.7 Å². The van der Waals surface area contributed by atoms with E-state index in [2.05, 4.69) is 21.2 Å². The van der Waals surface area contributed by atoms with Crippen molar-refractivity contribution in [2.45, 2.75) is 27.2 Å². The Kier molecular flexibility index (Phi) is 5.39. The number of nitrogens with zero attached hydrogens (tertiary/aromatic N) is 1. The van der Waals surface area contributed by atoms with Gasteiger partial charge in [0.15, 0.2) is 0 Å². The summed E-state index contributed by atoms with van der Waals surface area (Å²) in [5.74, 6) is -0.580. The zero-order valence-corrected chi connectivity index (χ0v) is 17.2. The minimum Gasteiger partial charge on any atom is -0.326 e. The van der Waals surface area contributed by atoms with E-state index in [4.69, 9.17) is 11.6 Å². The van der Waals surface area contributed by atoms with Crippen LogP contribution in [-0.4, -0.2) is 18.4 Å². The molecule has 0 radical (unpaired) electrons. The van der Waals surface area contributed by atoms with Gasteiger partial charge in [-0.2, -0.15) is 0 Å². The van der Waals surface area contributed by atoms with Gasteiger partial charge in [-0.05, 0) is 61.7 Å². The van der Waals surface area contributed by atoms with Crippen molar-refractivity contribution in [3.8, 4) is 0 Å². The van der Waals surface area contributed by atoms with E-state index in [1.165, 1.54) is 0 Å². The Labute approximate surface area is 166 Å². The maximum atomic E-state index is 12.7. The van der Waals surface area contributed by atoms with Gasteiger partial charge in [0.25, 0.3) is 0 Å². The van der Waals surface area contributed by atoms with Crippen LogP contribution in [0.1, 0.15) is 23.1 Å². The molecule has 0 bridgehead atoms. The minimum absolute atomic E-state index is 0.0613. The fraction of sp³-hybridized carbons (Fsp3) is 0.300. The van der Waals surface area contributed by atoms with Crippen LogP contribution in [0.5, 0.6) is 0 Å². The van der Waals surface area contributed by atoms with Gasteiger partial charge in [-0.15, -0.1) is 0 Å². The van der Waals surface area contributed by atoms with E-state index in [-0.39, 0.29) is 24.2 Å². The van der Waals surface area contributed by atoms with Crippen LogP contribution in [0.2, 0.25) is 5.02 Å². The molecule has 0 unspecified atom stereocenters. The molecule has 2 aromatic rings. The lowest BCUT2D eigenvalue weighted by molar-refractivity contribution is -0.122. The third-order valence-corrected chi connectivity index (χ3v) is 6.21. The summed E-state index contributed by atoms with van der Waals surface area (Å²) in [5.41, 5.74) is 4.56. The second-order valence-electron chi connectivity index (χ2n) is 6.67. The van der Waals surface area contributed by atoms with Crippen LogP contribution in [0.3, 0.4) is 0 Å². The molecule has 1 N–H and O–H groups in total. The van der Waals surface area contributed by atoms with Gasteiger partial charge in [0.1, 0.15) is 0 Å². The van der Waals surface area contributed by atoms with E-state index in [0.29, 0.717) is 11.6 Å². The third-order valence-electron chi connectivity index (χ3n) is 4.94. The molecule has 4 nitrogen and oxygen atoms in total. The average Bonchev–Trinajstić information content (AvgIpc) is 3.00. The molecular weight excluding hydrogens is 416 g/mol. The molecule has 2 amide bonds. The van der Waals surface area contributed by atoms with Crippen LogP contribution in [-0.2, 0) is 9.59 Å². The Bertz CT molecular complexity index is 898. The summed E-state index contributed by atoms with van der Waals surface area (Å²) < 4.78 is 1.01. The smallest absolute Gasteiger partial charge is 0.229 e. The number of halogens is 2. The number of amides is 2. The molecule has 0 aromatic heterocycles. The number of anilines is 2. The molecule has 136 valence electrons. The second kappa shape index (κ2) is 7.41. The first-order valence-corrected chi connectivity index (χ1v) is 9.58. The van der Waals surface area contributed by atoms with Gasteiger partial charge in [-0.1, -0.05) is 33.6 Å². The molecule has 6 heteroatoms. The fourth-order valence-corrected chi connectivity index (χ4v) is 3.64. The largest absolute Gasteiger partial charge is 0.326 e. The van der Waals surface area contributed by atoms with Crippen LogP contribution in [0.4, 0.5) is 11.4 Å². The van der Waals surface area contributed by atoms with Crippen molar-refractivity contribution < 1.29 is 9.59 Å². The fourth-order valence-electron chi connectivity index (χ4n) is 3.04. The molecular formula is C20H20BrClN2O2. The summed E-state index contributed by atoms with van der Waals surface area (Å²) in [5, 5.41) is 3.58. The Morgan fingerprint density at radius 3 is 2.62 bits per heavy atom. The van der Waals surface area contributed by atoms with Crippen LogP contribution in [0.25, 0.3) is 0 Å². The van der Waals surface area contributed by atoms with E-state index < -0.39 is 0 Å². The SMILES string of the molecule is Cc1ccc(N2C[C@H](C(=O)Nc3ccc(Br)c(C)c3C)CC2=O)cc1Cl. The van der Waals surface area contributed by atoms with E-state index in [1.807, 2.05) is 45.0 Å². The van der Waals surface area contributed by atoms with Gasteiger partial charge in [0, 0.05) is 33.8 Å². The number of rotatable bonds is 3. The minimum atomic E-state index is -0.383. The molecule has 1 heterocycles. The predicted octanol–water partition coefficient (Wildman–Crippen LogP) is 5.02. The topological polar surface area (TPSA) is 49.4 Å². The first kappa shape index (κ1) is 18.9. The highest BCUT2D eigenvalue weighted by atomic mass is 79.9. The number of hydrogen-bond acceptors (Lipinski definition) is 2. The van der Waals surface area contributed by atoms with Crippen molar-refractivity contribution in [2.24, 2.45) is 5.92 Å². The van der Waals surface area contributed by atoms with Crippen molar-refractivity contribution in [3.63, 3.8) is 0 Å². The van der Waals surface area contributed by atoms with Crippen LogP contribution in [0, 0.1) is 26.7 Å². The van der Waals surface area contributed by atoms with Crippen LogP contribution >= 0.6 is 27.5 Å². The van der Waals surface area contributed by atoms with Gasteiger partial charge in [-0.3, -0.25) is 9.59 Å². The monoisotopic (exact) mass is 434 g/mol. The standard InChI is InChI=1S/C20H20BrClN2O2/c1-11-4-5-15(9-17(11)22)24-10-14(8-19(24)25)20(26)23-18-7-6-16(21)12(2)13(18)3/h4-7,9,14H,8,10H2,1-3H3,(H,23,26)/t14-/m1/s1. The molecule has 26 heavy (non-hydrogen) atoms. The van der Waals surface area contributed by atoms with Crippen molar-refractivity contribution in [2.75, 3.05) is 16.8 Å². The van der Waals surface area contributed by atoms with Crippen molar-refractivity contribution in [1.29, 1.82) is 0 Å². The Hall–Kier alpha value is -1.85. The van der Waals surface area contributed by atoms with Crippen LogP contribution in [0.15, 0.2) is 34.8 Å². The zero-order valence-electron chi connectivity index (χ0n) is 14.9. The molecule has 0 spiro atoms. The second-order valence-corrected chi connectivity index (χ2v) is 7.93. The highest BCUT2D eigenvalue weighted by Crippen LogP contribution is 2.30. The molecule has 3 rings (SSSR count).